The van der Waals surface area contributed by atoms with E-state index in [-0.39, 0.29) is 28.4 Å². The molecule has 0 radical (unpaired) electrons. The van der Waals surface area contributed by atoms with E-state index in [0.717, 1.165) is 11.3 Å². The topological polar surface area (TPSA) is 100 Å². The van der Waals surface area contributed by atoms with Crippen molar-refractivity contribution in [2.24, 2.45) is 0 Å². The smallest absolute Gasteiger partial charge is 0.289 e. The number of benzene rings is 1. The number of nitrogens with zero attached hydrogens (tertiary/aromatic N) is 3. The molecule has 3 heterocycles. The Hall–Kier alpha value is -3.31. The van der Waals surface area contributed by atoms with Crippen LogP contribution in [0.5, 0.6) is 5.75 Å². The Morgan fingerprint density at radius 3 is 2.33 bits per heavy atom. The zero-order valence-electron chi connectivity index (χ0n) is 17.9. The van der Waals surface area contributed by atoms with E-state index in [2.05, 4.69) is 0 Å². The fourth-order valence-corrected chi connectivity index (χ4v) is 5.74. The highest BCUT2D eigenvalue weighted by Gasteiger charge is 2.26. The SMILES string of the molecule is CN(c1ccc(OCC(=O)N2CCN(C(=O)c3ccco3)CC2)cc1)S(=O)(=O)c1cccs1. The molecule has 33 heavy (non-hydrogen) atoms. The number of amides is 2. The molecule has 0 N–H and O–H groups in total. The first-order valence-corrected chi connectivity index (χ1v) is 12.5. The van der Waals surface area contributed by atoms with Crippen molar-refractivity contribution in [1.29, 1.82) is 0 Å². The number of hydrogen-bond acceptors (Lipinski definition) is 7. The quantitative estimate of drug-likeness (QED) is 0.506. The second kappa shape index (κ2) is 9.67. The fraction of sp³-hybridized carbons (Fsp3) is 0.273. The van der Waals surface area contributed by atoms with Gasteiger partial charge < -0.3 is 19.0 Å². The summed E-state index contributed by atoms with van der Waals surface area (Å²) < 4.78 is 37.5. The molecule has 1 fully saturated rings. The molecule has 0 aliphatic carbocycles. The molecular weight excluding hydrogens is 466 g/mol. The van der Waals surface area contributed by atoms with Gasteiger partial charge in [-0.1, -0.05) is 6.07 Å². The van der Waals surface area contributed by atoms with Gasteiger partial charge in [-0.2, -0.15) is 0 Å². The van der Waals surface area contributed by atoms with Crippen molar-refractivity contribution in [2.45, 2.75) is 4.21 Å². The summed E-state index contributed by atoms with van der Waals surface area (Å²) in [5.74, 6) is 0.382. The van der Waals surface area contributed by atoms with Crippen LogP contribution < -0.4 is 9.04 Å². The van der Waals surface area contributed by atoms with Crippen LogP contribution in [-0.4, -0.2) is 69.9 Å². The molecule has 2 amide bonds. The van der Waals surface area contributed by atoms with E-state index >= 15 is 0 Å². The van der Waals surface area contributed by atoms with Gasteiger partial charge in [0.25, 0.3) is 21.8 Å². The predicted molar refractivity (Wildman–Crippen MR) is 123 cm³/mol. The second-order valence-corrected chi connectivity index (χ2v) is 10.5. The first kappa shape index (κ1) is 22.9. The van der Waals surface area contributed by atoms with Crippen molar-refractivity contribution in [2.75, 3.05) is 44.1 Å². The maximum absolute atomic E-state index is 12.6. The van der Waals surface area contributed by atoms with E-state index < -0.39 is 10.0 Å². The number of carbonyl (C=O) groups is 2. The van der Waals surface area contributed by atoms with Gasteiger partial charge in [-0.15, -0.1) is 11.3 Å². The number of piperazine rings is 1. The molecule has 1 aromatic carbocycles. The van der Waals surface area contributed by atoms with Crippen LogP contribution in [0.3, 0.4) is 0 Å². The van der Waals surface area contributed by atoms with Crippen molar-refractivity contribution in [3.63, 3.8) is 0 Å². The van der Waals surface area contributed by atoms with Crippen molar-refractivity contribution in [3.8, 4) is 5.75 Å². The minimum absolute atomic E-state index is 0.144. The third-order valence-electron chi connectivity index (χ3n) is 5.32. The summed E-state index contributed by atoms with van der Waals surface area (Å²) in [5.41, 5.74) is 0.486. The van der Waals surface area contributed by atoms with Crippen LogP contribution >= 0.6 is 11.3 Å². The lowest BCUT2D eigenvalue weighted by Crippen LogP contribution is -2.51. The molecule has 9 nitrogen and oxygen atoms in total. The van der Waals surface area contributed by atoms with E-state index in [1.54, 1.807) is 63.7 Å². The van der Waals surface area contributed by atoms with Gasteiger partial charge >= 0.3 is 0 Å². The zero-order valence-corrected chi connectivity index (χ0v) is 19.5. The second-order valence-electron chi connectivity index (χ2n) is 7.34. The Bertz CT molecular complexity index is 1180. The molecule has 0 bridgehead atoms. The lowest BCUT2D eigenvalue weighted by atomic mass is 10.3. The Morgan fingerprint density at radius 2 is 1.73 bits per heavy atom. The van der Waals surface area contributed by atoms with Gasteiger partial charge in [0.15, 0.2) is 12.4 Å². The molecular formula is C22H23N3O6S2. The highest BCUT2D eigenvalue weighted by molar-refractivity contribution is 7.94. The molecule has 11 heteroatoms. The largest absolute Gasteiger partial charge is 0.484 e. The third-order valence-corrected chi connectivity index (χ3v) is 8.48. The molecule has 1 aliphatic heterocycles. The van der Waals surface area contributed by atoms with Crippen LogP contribution in [0.2, 0.25) is 0 Å². The van der Waals surface area contributed by atoms with Gasteiger partial charge in [-0.3, -0.25) is 13.9 Å². The van der Waals surface area contributed by atoms with Crippen LogP contribution in [0.4, 0.5) is 5.69 Å². The summed E-state index contributed by atoms with van der Waals surface area (Å²) in [6.45, 7) is 1.53. The summed E-state index contributed by atoms with van der Waals surface area (Å²) in [4.78, 5) is 28.1. The first-order valence-electron chi connectivity index (χ1n) is 10.2. The Labute approximate surface area is 195 Å². The van der Waals surface area contributed by atoms with Gasteiger partial charge in [0.2, 0.25) is 0 Å². The molecule has 0 unspecified atom stereocenters. The maximum Gasteiger partial charge on any atom is 0.289 e. The Morgan fingerprint density at radius 1 is 1.03 bits per heavy atom. The molecule has 4 rings (SSSR count). The van der Waals surface area contributed by atoms with Crippen molar-refractivity contribution in [1.82, 2.24) is 9.80 Å². The van der Waals surface area contributed by atoms with Gasteiger partial charge in [0.05, 0.1) is 12.0 Å². The van der Waals surface area contributed by atoms with Crippen molar-refractivity contribution in [3.05, 3.63) is 65.9 Å². The molecule has 0 spiro atoms. The maximum atomic E-state index is 12.6. The molecule has 2 aromatic heterocycles. The van der Waals surface area contributed by atoms with Crippen LogP contribution in [0, 0.1) is 0 Å². The number of anilines is 1. The molecule has 1 aliphatic rings. The van der Waals surface area contributed by atoms with E-state index in [1.165, 1.54) is 17.6 Å². The molecule has 0 saturated carbocycles. The summed E-state index contributed by atoms with van der Waals surface area (Å²) in [6, 6.07) is 13.1. The van der Waals surface area contributed by atoms with Gasteiger partial charge in [0.1, 0.15) is 9.96 Å². The summed E-state index contributed by atoms with van der Waals surface area (Å²) in [6.07, 6.45) is 1.46. The van der Waals surface area contributed by atoms with Gasteiger partial charge in [-0.25, -0.2) is 8.42 Å². The summed E-state index contributed by atoms with van der Waals surface area (Å²) in [7, 11) is -2.12. The summed E-state index contributed by atoms with van der Waals surface area (Å²) >= 11 is 1.16. The van der Waals surface area contributed by atoms with Crippen LogP contribution in [0.25, 0.3) is 0 Å². The number of furan rings is 1. The van der Waals surface area contributed by atoms with Crippen molar-refractivity contribution >= 4 is 38.9 Å². The predicted octanol–water partition coefficient (Wildman–Crippen LogP) is 2.53. The lowest BCUT2D eigenvalue weighted by Gasteiger charge is -2.34. The van der Waals surface area contributed by atoms with E-state index in [9.17, 15) is 18.0 Å². The Kier molecular flexibility index (Phi) is 6.70. The number of thiophene rings is 1. The van der Waals surface area contributed by atoms with Gasteiger partial charge in [0, 0.05) is 33.2 Å². The lowest BCUT2D eigenvalue weighted by molar-refractivity contribution is -0.134. The average Bonchev–Trinajstić information content (AvgIpc) is 3.57. The highest BCUT2D eigenvalue weighted by Crippen LogP contribution is 2.26. The summed E-state index contributed by atoms with van der Waals surface area (Å²) in [5, 5.41) is 1.71. The van der Waals surface area contributed by atoms with E-state index in [0.29, 0.717) is 37.6 Å². The van der Waals surface area contributed by atoms with Crippen LogP contribution in [0.15, 0.2) is 68.8 Å². The van der Waals surface area contributed by atoms with Crippen LogP contribution in [-0.2, 0) is 14.8 Å². The average molecular weight is 490 g/mol. The third kappa shape index (κ3) is 5.04. The Balaban J connectivity index is 1.27. The minimum atomic E-state index is -3.61. The van der Waals surface area contributed by atoms with Crippen LogP contribution in [0.1, 0.15) is 10.6 Å². The monoisotopic (exact) mass is 489 g/mol. The number of sulfonamides is 1. The van der Waals surface area contributed by atoms with E-state index in [4.69, 9.17) is 9.15 Å². The van der Waals surface area contributed by atoms with Crippen molar-refractivity contribution < 1.29 is 27.2 Å². The molecule has 1 saturated heterocycles. The fourth-order valence-electron chi connectivity index (χ4n) is 3.39. The molecule has 0 atom stereocenters. The normalized spacial score (nSPS) is 14.2. The van der Waals surface area contributed by atoms with Gasteiger partial charge in [-0.05, 0) is 47.8 Å². The molecule has 3 aromatic rings. The van der Waals surface area contributed by atoms with E-state index in [1.807, 2.05) is 0 Å². The zero-order chi connectivity index (χ0) is 23.4. The minimum Gasteiger partial charge on any atom is -0.484 e. The number of carbonyl (C=O) groups excluding carboxylic acids is 2. The first-order chi connectivity index (χ1) is 15.9. The number of ether oxygens (including phenoxy) is 1. The standard InChI is InChI=1S/C22H23N3O6S2/c1-23(33(28,29)21-5-3-15-32-21)17-6-8-18(9-7-17)31-16-20(26)24-10-12-25(13-11-24)22(27)19-4-2-14-30-19/h2-9,14-15H,10-13,16H2,1H3. The number of rotatable bonds is 7. The highest BCUT2D eigenvalue weighted by atomic mass is 32.2. The molecule has 174 valence electrons. The number of hydrogen-bond donors (Lipinski definition) is 0.